The van der Waals surface area contributed by atoms with E-state index in [0.29, 0.717) is 6.42 Å². The maximum absolute atomic E-state index is 9.28. The van der Waals surface area contributed by atoms with Gasteiger partial charge in [0.25, 0.3) is 0 Å². The van der Waals surface area contributed by atoms with Crippen LogP contribution in [0.2, 0.25) is 0 Å². The smallest absolute Gasteiger partial charge is 0.106 e. The molecule has 0 amide bonds. The Bertz CT molecular complexity index is 124. The van der Waals surface area contributed by atoms with Gasteiger partial charge < -0.3 is 9.94 Å². The molecule has 60 valence electrons. The molecule has 0 aromatic carbocycles. The highest BCUT2D eigenvalue weighted by Crippen LogP contribution is 2.07. The fourth-order valence-corrected chi connectivity index (χ4v) is 0.814. The molecule has 0 atom stereocenters. The summed E-state index contributed by atoms with van der Waals surface area (Å²) in [6.07, 6.45) is 0.542. The van der Waals surface area contributed by atoms with Crippen molar-refractivity contribution in [2.75, 3.05) is 7.11 Å². The molecule has 0 unspecified atom stereocenters. The highest BCUT2D eigenvalue weighted by molar-refractivity contribution is 5.82. The molecule has 0 bridgehead atoms. The maximum atomic E-state index is 9.28. The predicted octanol–water partition coefficient (Wildman–Crippen LogP) is 1.17. The van der Waals surface area contributed by atoms with Crippen molar-refractivity contribution >= 4 is 5.71 Å². The quantitative estimate of drug-likeness (QED) is 0.478. The molecule has 1 N–H and O–H groups in total. The standard InChI is InChI=1S/C7H15NO2/c1-6(8-10-4)5-7(2,3)9/h9H,5H2,1-4H3/b8-6+. The Hall–Kier alpha value is -0.570. The van der Waals surface area contributed by atoms with Gasteiger partial charge in [-0.15, -0.1) is 0 Å². The summed E-state index contributed by atoms with van der Waals surface area (Å²) in [5.74, 6) is 0. The molecular formula is C7H15NO2. The van der Waals surface area contributed by atoms with Gasteiger partial charge in [0.1, 0.15) is 7.11 Å². The first-order chi connectivity index (χ1) is 4.45. The third-order valence-electron chi connectivity index (χ3n) is 0.936. The van der Waals surface area contributed by atoms with Gasteiger partial charge >= 0.3 is 0 Å². The van der Waals surface area contributed by atoms with Gasteiger partial charge in [0.2, 0.25) is 0 Å². The van der Waals surface area contributed by atoms with Crippen molar-refractivity contribution in [3.05, 3.63) is 0 Å². The molecule has 0 rings (SSSR count). The zero-order valence-electron chi connectivity index (χ0n) is 7.01. The normalized spacial score (nSPS) is 13.5. The molecule has 0 aliphatic heterocycles. The van der Waals surface area contributed by atoms with Gasteiger partial charge in [-0.2, -0.15) is 0 Å². The molecule has 3 heteroatoms. The van der Waals surface area contributed by atoms with E-state index in [0.717, 1.165) is 5.71 Å². The molecule has 0 aliphatic carbocycles. The van der Waals surface area contributed by atoms with E-state index in [9.17, 15) is 5.11 Å². The van der Waals surface area contributed by atoms with Gasteiger partial charge in [0.05, 0.1) is 11.3 Å². The SMILES string of the molecule is CO/N=C(\C)CC(C)(C)O. The minimum atomic E-state index is -0.688. The van der Waals surface area contributed by atoms with E-state index in [-0.39, 0.29) is 0 Å². The number of aliphatic hydroxyl groups is 1. The lowest BCUT2D eigenvalue weighted by atomic mass is 10.0. The van der Waals surface area contributed by atoms with E-state index in [1.54, 1.807) is 13.8 Å². The highest BCUT2D eigenvalue weighted by Gasteiger charge is 2.13. The first-order valence-electron chi connectivity index (χ1n) is 3.25. The summed E-state index contributed by atoms with van der Waals surface area (Å²) in [6, 6.07) is 0. The molecule has 10 heavy (non-hydrogen) atoms. The molecule has 0 saturated carbocycles. The second kappa shape index (κ2) is 3.56. The monoisotopic (exact) mass is 145 g/mol. The third kappa shape index (κ3) is 5.56. The second-order valence-corrected chi connectivity index (χ2v) is 3.00. The van der Waals surface area contributed by atoms with E-state index in [4.69, 9.17) is 0 Å². The minimum absolute atomic E-state index is 0.542. The highest BCUT2D eigenvalue weighted by atomic mass is 16.6. The van der Waals surface area contributed by atoms with Crippen LogP contribution < -0.4 is 0 Å². The molecule has 0 radical (unpaired) electrons. The predicted molar refractivity (Wildman–Crippen MR) is 41.0 cm³/mol. The number of rotatable bonds is 3. The molecule has 0 saturated heterocycles. The van der Waals surface area contributed by atoms with Crippen LogP contribution in [0.15, 0.2) is 5.16 Å². The van der Waals surface area contributed by atoms with Crippen LogP contribution in [0.1, 0.15) is 27.2 Å². The fourth-order valence-electron chi connectivity index (χ4n) is 0.814. The molecular weight excluding hydrogens is 130 g/mol. The average Bonchev–Trinajstić information content (AvgIpc) is 1.59. The molecule has 0 heterocycles. The van der Waals surface area contributed by atoms with Crippen LogP contribution in [-0.4, -0.2) is 23.5 Å². The van der Waals surface area contributed by atoms with E-state index in [1.165, 1.54) is 7.11 Å². The van der Waals surface area contributed by atoms with Crippen molar-refractivity contribution in [3.63, 3.8) is 0 Å². The minimum Gasteiger partial charge on any atom is -0.399 e. The number of oxime groups is 1. The average molecular weight is 145 g/mol. The van der Waals surface area contributed by atoms with Crippen molar-refractivity contribution in [3.8, 4) is 0 Å². The Balaban J connectivity index is 3.79. The molecule has 0 fully saturated rings. The summed E-state index contributed by atoms with van der Waals surface area (Å²) in [7, 11) is 1.49. The lowest BCUT2D eigenvalue weighted by Gasteiger charge is -2.15. The Morgan fingerprint density at radius 2 is 2.10 bits per heavy atom. The van der Waals surface area contributed by atoms with E-state index >= 15 is 0 Å². The summed E-state index contributed by atoms with van der Waals surface area (Å²) in [6.45, 7) is 5.30. The van der Waals surface area contributed by atoms with Crippen LogP contribution in [-0.2, 0) is 4.84 Å². The van der Waals surface area contributed by atoms with Gasteiger partial charge in [0, 0.05) is 6.42 Å². The summed E-state index contributed by atoms with van der Waals surface area (Å²) in [5.41, 5.74) is 0.113. The number of hydrogen-bond donors (Lipinski definition) is 1. The zero-order chi connectivity index (χ0) is 8.20. The number of hydrogen-bond acceptors (Lipinski definition) is 3. The Kier molecular flexibility index (Phi) is 3.36. The first kappa shape index (κ1) is 9.43. The summed E-state index contributed by atoms with van der Waals surface area (Å²) in [4.78, 5) is 4.53. The van der Waals surface area contributed by atoms with E-state index in [1.807, 2.05) is 6.92 Å². The van der Waals surface area contributed by atoms with Crippen molar-refractivity contribution < 1.29 is 9.94 Å². The van der Waals surface area contributed by atoms with Crippen molar-refractivity contribution in [2.24, 2.45) is 5.16 Å². The maximum Gasteiger partial charge on any atom is 0.106 e. The summed E-state index contributed by atoms with van der Waals surface area (Å²) < 4.78 is 0. The van der Waals surface area contributed by atoms with Gasteiger partial charge in [-0.1, -0.05) is 5.16 Å². The summed E-state index contributed by atoms with van der Waals surface area (Å²) in [5, 5.41) is 12.9. The topological polar surface area (TPSA) is 41.8 Å². The fraction of sp³-hybridized carbons (Fsp3) is 0.857. The van der Waals surface area contributed by atoms with Crippen molar-refractivity contribution in [1.82, 2.24) is 0 Å². The Labute approximate surface area is 61.7 Å². The molecule has 0 spiro atoms. The van der Waals surface area contributed by atoms with Gasteiger partial charge in [-0.25, -0.2) is 0 Å². The molecule has 0 aromatic rings. The zero-order valence-corrected chi connectivity index (χ0v) is 7.01. The van der Waals surface area contributed by atoms with Crippen LogP contribution >= 0.6 is 0 Å². The van der Waals surface area contributed by atoms with Crippen LogP contribution in [0.3, 0.4) is 0 Å². The van der Waals surface area contributed by atoms with Crippen LogP contribution in [0.4, 0.5) is 0 Å². The van der Waals surface area contributed by atoms with Gasteiger partial charge in [-0.3, -0.25) is 0 Å². The summed E-state index contributed by atoms with van der Waals surface area (Å²) >= 11 is 0. The lowest BCUT2D eigenvalue weighted by Crippen LogP contribution is -2.21. The second-order valence-electron chi connectivity index (χ2n) is 3.00. The molecule has 3 nitrogen and oxygen atoms in total. The lowest BCUT2D eigenvalue weighted by molar-refractivity contribution is 0.0868. The van der Waals surface area contributed by atoms with E-state index < -0.39 is 5.60 Å². The first-order valence-corrected chi connectivity index (χ1v) is 3.25. The largest absolute Gasteiger partial charge is 0.399 e. The van der Waals surface area contributed by atoms with E-state index in [2.05, 4.69) is 9.99 Å². The third-order valence-corrected chi connectivity index (χ3v) is 0.936. The Morgan fingerprint density at radius 1 is 1.60 bits per heavy atom. The van der Waals surface area contributed by atoms with Crippen LogP contribution in [0.5, 0.6) is 0 Å². The van der Waals surface area contributed by atoms with Crippen molar-refractivity contribution in [1.29, 1.82) is 0 Å². The molecule has 0 aromatic heterocycles. The van der Waals surface area contributed by atoms with Gasteiger partial charge in [0.15, 0.2) is 0 Å². The number of nitrogens with zero attached hydrogens (tertiary/aromatic N) is 1. The van der Waals surface area contributed by atoms with Crippen molar-refractivity contribution in [2.45, 2.75) is 32.8 Å². The Morgan fingerprint density at radius 3 is 2.40 bits per heavy atom. The van der Waals surface area contributed by atoms with Crippen LogP contribution in [0.25, 0.3) is 0 Å². The van der Waals surface area contributed by atoms with Crippen LogP contribution in [0, 0.1) is 0 Å². The van der Waals surface area contributed by atoms with Gasteiger partial charge in [-0.05, 0) is 20.8 Å². The molecule has 0 aliphatic rings.